The molecule has 0 atom stereocenters. The second kappa shape index (κ2) is 5.84. The fourth-order valence-corrected chi connectivity index (χ4v) is 1.53. The molecular formula is C13H15N3O. The molecule has 0 bridgehead atoms. The van der Waals surface area contributed by atoms with E-state index in [1.54, 1.807) is 12.5 Å². The van der Waals surface area contributed by atoms with E-state index in [4.69, 9.17) is 0 Å². The molecule has 4 nitrogen and oxygen atoms in total. The lowest BCUT2D eigenvalue weighted by molar-refractivity contribution is -0.121. The Hall–Kier alpha value is -2.10. The number of aryl methyl sites for hydroxylation is 1. The number of rotatable bonds is 5. The van der Waals surface area contributed by atoms with Crippen LogP contribution in [0.2, 0.25) is 0 Å². The Morgan fingerprint density at radius 3 is 2.82 bits per heavy atom. The second-order valence-corrected chi connectivity index (χ2v) is 3.81. The average molecular weight is 229 g/mol. The number of imidazole rings is 1. The minimum atomic E-state index is 0.0579. The topological polar surface area (TPSA) is 46.9 Å². The monoisotopic (exact) mass is 229 g/mol. The van der Waals surface area contributed by atoms with Gasteiger partial charge in [-0.15, -0.1) is 0 Å². The van der Waals surface area contributed by atoms with E-state index in [9.17, 15) is 4.79 Å². The SMILES string of the molecule is O=C(CCn1ccnc1)NCc1ccccc1. The molecule has 0 fully saturated rings. The number of carbonyl (C=O) groups excluding carboxylic acids is 1. The Bertz CT molecular complexity index is 451. The minimum absolute atomic E-state index is 0.0579. The van der Waals surface area contributed by atoms with Gasteiger partial charge < -0.3 is 9.88 Å². The molecule has 0 aliphatic heterocycles. The van der Waals surface area contributed by atoms with E-state index < -0.39 is 0 Å². The summed E-state index contributed by atoms with van der Waals surface area (Å²) in [6.45, 7) is 1.25. The molecule has 0 aliphatic carbocycles. The number of nitrogens with zero attached hydrogens (tertiary/aromatic N) is 2. The highest BCUT2D eigenvalue weighted by atomic mass is 16.1. The smallest absolute Gasteiger partial charge is 0.222 e. The van der Waals surface area contributed by atoms with E-state index in [0.717, 1.165) is 5.56 Å². The van der Waals surface area contributed by atoms with Crippen LogP contribution in [0.1, 0.15) is 12.0 Å². The number of carbonyl (C=O) groups is 1. The van der Waals surface area contributed by atoms with Crippen molar-refractivity contribution in [2.45, 2.75) is 19.5 Å². The molecule has 0 aliphatic rings. The normalized spacial score (nSPS) is 10.1. The van der Waals surface area contributed by atoms with Crippen LogP contribution < -0.4 is 5.32 Å². The van der Waals surface area contributed by atoms with Crippen LogP contribution in [-0.4, -0.2) is 15.5 Å². The van der Waals surface area contributed by atoms with Gasteiger partial charge in [0, 0.05) is 31.9 Å². The lowest BCUT2D eigenvalue weighted by Crippen LogP contribution is -2.23. The molecule has 4 heteroatoms. The van der Waals surface area contributed by atoms with Crippen molar-refractivity contribution < 1.29 is 4.79 Å². The molecule has 0 saturated heterocycles. The van der Waals surface area contributed by atoms with Gasteiger partial charge in [0.05, 0.1) is 6.33 Å². The summed E-state index contributed by atoms with van der Waals surface area (Å²) in [5.74, 6) is 0.0579. The van der Waals surface area contributed by atoms with Crippen molar-refractivity contribution in [3.8, 4) is 0 Å². The van der Waals surface area contributed by atoms with Gasteiger partial charge in [0.1, 0.15) is 0 Å². The first-order chi connectivity index (χ1) is 8.34. The van der Waals surface area contributed by atoms with Crippen molar-refractivity contribution in [2.75, 3.05) is 0 Å². The minimum Gasteiger partial charge on any atom is -0.352 e. The summed E-state index contributed by atoms with van der Waals surface area (Å²) >= 11 is 0. The zero-order valence-electron chi connectivity index (χ0n) is 9.54. The summed E-state index contributed by atoms with van der Waals surface area (Å²) in [7, 11) is 0. The molecule has 2 rings (SSSR count). The van der Waals surface area contributed by atoms with E-state index in [1.807, 2.05) is 41.1 Å². The van der Waals surface area contributed by atoms with Crippen LogP contribution in [0, 0.1) is 0 Å². The highest BCUT2D eigenvalue weighted by Gasteiger charge is 2.01. The van der Waals surface area contributed by atoms with E-state index in [-0.39, 0.29) is 5.91 Å². The maximum absolute atomic E-state index is 11.6. The fourth-order valence-electron chi connectivity index (χ4n) is 1.53. The third kappa shape index (κ3) is 3.75. The van der Waals surface area contributed by atoms with E-state index in [0.29, 0.717) is 19.5 Å². The van der Waals surface area contributed by atoms with E-state index in [2.05, 4.69) is 10.3 Å². The molecule has 0 unspecified atom stereocenters. The van der Waals surface area contributed by atoms with Crippen molar-refractivity contribution in [3.63, 3.8) is 0 Å². The van der Waals surface area contributed by atoms with Crippen LogP contribution in [0.3, 0.4) is 0 Å². The second-order valence-electron chi connectivity index (χ2n) is 3.81. The number of amides is 1. The quantitative estimate of drug-likeness (QED) is 0.846. The fraction of sp³-hybridized carbons (Fsp3) is 0.231. The number of benzene rings is 1. The van der Waals surface area contributed by atoms with Gasteiger partial charge >= 0.3 is 0 Å². The first-order valence-corrected chi connectivity index (χ1v) is 5.61. The van der Waals surface area contributed by atoms with Crippen LogP contribution >= 0.6 is 0 Å². The molecule has 0 saturated carbocycles. The van der Waals surface area contributed by atoms with Gasteiger partial charge in [-0.2, -0.15) is 0 Å². The summed E-state index contributed by atoms with van der Waals surface area (Å²) < 4.78 is 1.89. The zero-order chi connectivity index (χ0) is 11.9. The maximum atomic E-state index is 11.6. The Labute approximate surface area is 100 Å². The van der Waals surface area contributed by atoms with Crippen molar-refractivity contribution >= 4 is 5.91 Å². The lowest BCUT2D eigenvalue weighted by atomic mass is 10.2. The maximum Gasteiger partial charge on any atom is 0.222 e. The standard InChI is InChI=1S/C13H15N3O/c17-13(6-8-16-9-7-14-11-16)15-10-12-4-2-1-3-5-12/h1-5,7,9,11H,6,8,10H2,(H,15,17). The van der Waals surface area contributed by atoms with Gasteiger partial charge in [-0.3, -0.25) is 4.79 Å². The molecule has 0 radical (unpaired) electrons. The Balaban J connectivity index is 1.71. The van der Waals surface area contributed by atoms with Crippen LogP contribution in [0.25, 0.3) is 0 Å². The molecule has 17 heavy (non-hydrogen) atoms. The van der Waals surface area contributed by atoms with Crippen molar-refractivity contribution in [1.29, 1.82) is 0 Å². The molecular weight excluding hydrogens is 214 g/mol. The molecule has 0 spiro atoms. The summed E-state index contributed by atoms with van der Waals surface area (Å²) in [5.41, 5.74) is 1.11. The van der Waals surface area contributed by atoms with Gasteiger partial charge in [-0.1, -0.05) is 30.3 Å². The van der Waals surface area contributed by atoms with Gasteiger partial charge in [0.2, 0.25) is 5.91 Å². The lowest BCUT2D eigenvalue weighted by Gasteiger charge is -2.05. The molecule has 1 aromatic carbocycles. The van der Waals surface area contributed by atoms with Gasteiger partial charge in [-0.25, -0.2) is 4.98 Å². The Morgan fingerprint density at radius 2 is 2.12 bits per heavy atom. The Kier molecular flexibility index (Phi) is 3.91. The molecule has 2 aromatic rings. The van der Waals surface area contributed by atoms with Gasteiger partial charge in [0.25, 0.3) is 0 Å². The number of nitrogens with one attached hydrogen (secondary N) is 1. The molecule has 1 heterocycles. The predicted octanol–water partition coefficient (Wildman–Crippen LogP) is 1.59. The Morgan fingerprint density at radius 1 is 1.29 bits per heavy atom. The summed E-state index contributed by atoms with van der Waals surface area (Å²) in [6, 6.07) is 9.89. The molecule has 1 aromatic heterocycles. The number of hydrogen-bond donors (Lipinski definition) is 1. The predicted molar refractivity (Wildman–Crippen MR) is 65.1 cm³/mol. The van der Waals surface area contributed by atoms with Crippen molar-refractivity contribution in [3.05, 3.63) is 54.6 Å². The van der Waals surface area contributed by atoms with Crippen LogP contribution in [-0.2, 0) is 17.9 Å². The molecule has 1 N–H and O–H groups in total. The molecule has 88 valence electrons. The summed E-state index contributed by atoms with van der Waals surface area (Å²) in [6.07, 6.45) is 5.75. The highest BCUT2D eigenvalue weighted by molar-refractivity contribution is 5.75. The largest absolute Gasteiger partial charge is 0.352 e. The summed E-state index contributed by atoms with van der Waals surface area (Å²) in [5, 5.41) is 2.89. The molecule has 1 amide bonds. The number of hydrogen-bond acceptors (Lipinski definition) is 2. The van der Waals surface area contributed by atoms with Gasteiger partial charge in [-0.05, 0) is 5.56 Å². The summed E-state index contributed by atoms with van der Waals surface area (Å²) in [4.78, 5) is 15.5. The van der Waals surface area contributed by atoms with E-state index in [1.165, 1.54) is 0 Å². The van der Waals surface area contributed by atoms with Crippen molar-refractivity contribution in [1.82, 2.24) is 14.9 Å². The van der Waals surface area contributed by atoms with Crippen LogP contribution in [0.5, 0.6) is 0 Å². The third-order valence-electron chi connectivity index (χ3n) is 2.49. The van der Waals surface area contributed by atoms with E-state index >= 15 is 0 Å². The van der Waals surface area contributed by atoms with Crippen LogP contribution in [0.15, 0.2) is 49.1 Å². The van der Waals surface area contributed by atoms with Crippen molar-refractivity contribution in [2.24, 2.45) is 0 Å². The highest BCUT2D eigenvalue weighted by Crippen LogP contribution is 1.98. The first kappa shape index (κ1) is 11.4. The van der Waals surface area contributed by atoms with Crippen LogP contribution in [0.4, 0.5) is 0 Å². The van der Waals surface area contributed by atoms with Gasteiger partial charge in [0.15, 0.2) is 0 Å². The number of aromatic nitrogens is 2. The first-order valence-electron chi connectivity index (χ1n) is 5.61. The zero-order valence-corrected chi connectivity index (χ0v) is 9.54. The average Bonchev–Trinajstić information content (AvgIpc) is 2.88. The third-order valence-corrected chi connectivity index (χ3v) is 2.49.